The topological polar surface area (TPSA) is 58.7 Å². The second-order valence-electron chi connectivity index (χ2n) is 3.87. The van der Waals surface area contributed by atoms with Crippen molar-refractivity contribution in [2.45, 2.75) is 20.3 Å². The second kappa shape index (κ2) is 7.01. The van der Waals surface area contributed by atoms with Gasteiger partial charge in [0, 0.05) is 24.8 Å². The standard InChI is InChI=1S/C13H22N2O2/c1-3-7-15(8-9-16)11-5-6-12(14)13(10-11)17-4-2/h5-6,10,16H,3-4,7-9,14H2,1-2H3. The van der Waals surface area contributed by atoms with Gasteiger partial charge in [-0.05, 0) is 25.5 Å². The fraction of sp³-hybridized carbons (Fsp3) is 0.538. The zero-order chi connectivity index (χ0) is 12.7. The summed E-state index contributed by atoms with van der Waals surface area (Å²) < 4.78 is 5.47. The van der Waals surface area contributed by atoms with Crippen LogP contribution in [-0.2, 0) is 0 Å². The average molecular weight is 238 g/mol. The zero-order valence-corrected chi connectivity index (χ0v) is 10.6. The van der Waals surface area contributed by atoms with Crippen molar-refractivity contribution in [3.63, 3.8) is 0 Å². The van der Waals surface area contributed by atoms with Gasteiger partial charge in [0.2, 0.25) is 0 Å². The quantitative estimate of drug-likeness (QED) is 0.712. The summed E-state index contributed by atoms with van der Waals surface area (Å²) in [5.74, 6) is 0.712. The Morgan fingerprint density at radius 2 is 2.06 bits per heavy atom. The van der Waals surface area contributed by atoms with E-state index in [9.17, 15) is 0 Å². The Kier molecular flexibility index (Phi) is 5.63. The summed E-state index contributed by atoms with van der Waals surface area (Å²) in [6, 6.07) is 5.74. The van der Waals surface area contributed by atoms with Crippen LogP contribution in [0, 0.1) is 0 Å². The molecule has 0 amide bonds. The smallest absolute Gasteiger partial charge is 0.144 e. The highest BCUT2D eigenvalue weighted by Gasteiger charge is 2.08. The number of benzene rings is 1. The molecule has 4 nitrogen and oxygen atoms in total. The minimum atomic E-state index is 0.147. The monoisotopic (exact) mass is 238 g/mol. The van der Waals surface area contributed by atoms with Crippen LogP contribution in [0.5, 0.6) is 5.75 Å². The molecule has 0 spiro atoms. The molecule has 0 fully saturated rings. The molecule has 0 radical (unpaired) electrons. The van der Waals surface area contributed by atoms with Gasteiger partial charge in [-0.15, -0.1) is 0 Å². The summed E-state index contributed by atoms with van der Waals surface area (Å²) in [6.45, 7) is 6.34. The fourth-order valence-corrected chi connectivity index (χ4v) is 1.76. The SMILES string of the molecule is CCCN(CCO)c1ccc(N)c(OCC)c1. The molecule has 0 aliphatic carbocycles. The molecule has 1 rings (SSSR count). The molecule has 0 aliphatic rings. The van der Waals surface area contributed by atoms with E-state index in [1.807, 2.05) is 25.1 Å². The number of aliphatic hydroxyl groups is 1. The van der Waals surface area contributed by atoms with Crippen LogP contribution < -0.4 is 15.4 Å². The molecule has 0 aliphatic heterocycles. The van der Waals surface area contributed by atoms with E-state index in [0.29, 0.717) is 24.6 Å². The largest absolute Gasteiger partial charge is 0.492 e. The summed E-state index contributed by atoms with van der Waals surface area (Å²) >= 11 is 0. The van der Waals surface area contributed by atoms with Crippen molar-refractivity contribution in [2.24, 2.45) is 0 Å². The lowest BCUT2D eigenvalue weighted by Gasteiger charge is -2.24. The van der Waals surface area contributed by atoms with Crippen LogP contribution in [0.25, 0.3) is 0 Å². The molecule has 17 heavy (non-hydrogen) atoms. The van der Waals surface area contributed by atoms with Crippen LogP contribution in [0.3, 0.4) is 0 Å². The second-order valence-corrected chi connectivity index (χ2v) is 3.87. The van der Waals surface area contributed by atoms with Crippen molar-refractivity contribution in [3.05, 3.63) is 18.2 Å². The van der Waals surface area contributed by atoms with Gasteiger partial charge in [0.25, 0.3) is 0 Å². The summed E-state index contributed by atoms with van der Waals surface area (Å²) in [6.07, 6.45) is 1.04. The van der Waals surface area contributed by atoms with Gasteiger partial charge in [-0.3, -0.25) is 0 Å². The molecule has 0 heterocycles. The van der Waals surface area contributed by atoms with Crippen LogP contribution >= 0.6 is 0 Å². The van der Waals surface area contributed by atoms with E-state index in [0.717, 1.165) is 18.7 Å². The van der Waals surface area contributed by atoms with Crippen molar-refractivity contribution in [3.8, 4) is 5.75 Å². The van der Waals surface area contributed by atoms with E-state index >= 15 is 0 Å². The molecule has 4 heteroatoms. The maximum atomic E-state index is 9.05. The van der Waals surface area contributed by atoms with Gasteiger partial charge in [-0.2, -0.15) is 0 Å². The number of hydrogen-bond acceptors (Lipinski definition) is 4. The predicted molar refractivity (Wildman–Crippen MR) is 71.6 cm³/mol. The summed E-state index contributed by atoms with van der Waals surface area (Å²) in [5.41, 5.74) is 7.52. The molecular formula is C13H22N2O2. The lowest BCUT2D eigenvalue weighted by atomic mass is 10.2. The molecule has 3 N–H and O–H groups in total. The zero-order valence-electron chi connectivity index (χ0n) is 10.6. The summed E-state index contributed by atoms with van der Waals surface area (Å²) in [7, 11) is 0. The first kappa shape index (κ1) is 13.6. The molecule has 0 atom stereocenters. The third kappa shape index (κ3) is 3.82. The molecule has 1 aromatic carbocycles. The van der Waals surface area contributed by atoms with Crippen molar-refractivity contribution in [1.29, 1.82) is 0 Å². The minimum Gasteiger partial charge on any atom is -0.492 e. The van der Waals surface area contributed by atoms with Gasteiger partial charge >= 0.3 is 0 Å². The Morgan fingerprint density at radius 1 is 1.29 bits per heavy atom. The molecule has 0 saturated heterocycles. The first-order valence-corrected chi connectivity index (χ1v) is 6.11. The van der Waals surface area contributed by atoms with Crippen LogP contribution in [0.15, 0.2) is 18.2 Å². The third-order valence-corrected chi connectivity index (χ3v) is 2.53. The Bertz CT molecular complexity index is 336. The van der Waals surface area contributed by atoms with Gasteiger partial charge in [-0.1, -0.05) is 6.92 Å². The summed E-state index contributed by atoms with van der Waals surface area (Å²) in [5, 5.41) is 9.05. The number of aliphatic hydroxyl groups excluding tert-OH is 1. The Balaban J connectivity index is 2.90. The highest BCUT2D eigenvalue weighted by molar-refractivity contribution is 5.62. The third-order valence-electron chi connectivity index (χ3n) is 2.53. The molecule has 96 valence electrons. The van der Waals surface area contributed by atoms with E-state index in [1.165, 1.54) is 0 Å². The Hall–Kier alpha value is -1.42. The van der Waals surface area contributed by atoms with Gasteiger partial charge in [0.1, 0.15) is 5.75 Å². The number of anilines is 2. The van der Waals surface area contributed by atoms with E-state index < -0.39 is 0 Å². The van der Waals surface area contributed by atoms with E-state index in [4.69, 9.17) is 15.6 Å². The first-order chi connectivity index (χ1) is 8.22. The van der Waals surface area contributed by atoms with E-state index in [1.54, 1.807) is 0 Å². The number of hydrogen-bond donors (Lipinski definition) is 2. The number of ether oxygens (including phenoxy) is 1. The van der Waals surface area contributed by atoms with Crippen molar-refractivity contribution < 1.29 is 9.84 Å². The van der Waals surface area contributed by atoms with Gasteiger partial charge in [-0.25, -0.2) is 0 Å². The number of nitrogens with zero attached hydrogens (tertiary/aromatic N) is 1. The molecule has 1 aromatic rings. The van der Waals surface area contributed by atoms with Crippen LogP contribution in [0.1, 0.15) is 20.3 Å². The predicted octanol–water partition coefficient (Wildman–Crippen LogP) is 1.88. The molecular weight excluding hydrogens is 216 g/mol. The minimum absolute atomic E-state index is 0.147. The lowest BCUT2D eigenvalue weighted by molar-refractivity contribution is 0.301. The van der Waals surface area contributed by atoms with Gasteiger partial charge in [0.05, 0.1) is 18.9 Å². The Morgan fingerprint density at radius 3 is 2.65 bits per heavy atom. The Labute approximate surface area is 103 Å². The maximum absolute atomic E-state index is 9.05. The van der Waals surface area contributed by atoms with E-state index in [2.05, 4.69) is 11.8 Å². The van der Waals surface area contributed by atoms with Gasteiger partial charge in [0.15, 0.2) is 0 Å². The number of nitrogens with two attached hydrogens (primary N) is 1. The normalized spacial score (nSPS) is 10.3. The highest BCUT2D eigenvalue weighted by atomic mass is 16.5. The summed E-state index contributed by atoms with van der Waals surface area (Å²) in [4.78, 5) is 2.13. The van der Waals surface area contributed by atoms with Gasteiger partial charge < -0.3 is 20.5 Å². The first-order valence-electron chi connectivity index (χ1n) is 6.11. The molecule has 0 aromatic heterocycles. The van der Waals surface area contributed by atoms with Crippen molar-refractivity contribution >= 4 is 11.4 Å². The van der Waals surface area contributed by atoms with E-state index in [-0.39, 0.29) is 6.61 Å². The number of rotatable bonds is 7. The molecule has 0 unspecified atom stereocenters. The van der Waals surface area contributed by atoms with Crippen LogP contribution in [0.4, 0.5) is 11.4 Å². The fourth-order valence-electron chi connectivity index (χ4n) is 1.76. The molecule has 0 bridgehead atoms. The maximum Gasteiger partial charge on any atom is 0.144 e. The van der Waals surface area contributed by atoms with Crippen molar-refractivity contribution in [2.75, 3.05) is 36.9 Å². The molecule has 0 saturated carbocycles. The van der Waals surface area contributed by atoms with Crippen LogP contribution in [0.2, 0.25) is 0 Å². The lowest BCUT2D eigenvalue weighted by Crippen LogP contribution is -2.27. The highest BCUT2D eigenvalue weighted by Crippen LogP contribution is 2.27. The van der Waals surface area contributed by atoms with Crippen molar-refractivity contribution in [1.82, 2.24) is 0 Å². The average Bonchev–Trinajstić information content (AvgIpc) is 2.32. The number of nitrogen functional groups attached to an aromatic ring is 1. The van der Waals surface area contributed by atoms with Crippen LogP contribution in [-0.4, -0.2) is 31.4 Å².